The normalized spacial score (nSPS) is 11.8. The minimum atomic E-state index is 0.886. The summed E-state index contributed by atoms with van der Waals surface area (Å²) in [6.45, 7) is 4.32. The third kappa shape index (κ3) is 3.50. The van der Waals surface area contributed by atoms with Gasteiger partial charge >= 0.3 is 0 Å². The fourth-order valence-electron chi connectivity index (χ4n) is 6.13. The van der Waals surface area contributed by atoms with Crippen molar-refractivity contribution in [2.45, 2.75) is 13.8 Å². The van der Waals surface area contributed by atoms with E-state index in [0.717, 1.165) is 55.0 Å². The second-order valence-electron chi connectivity index (χ2n) is 10.6. The lowest BCUT2D eigenvalue weighted by Crippen LogP contribution is -1.87. The summed E-state index contributed by atoms with van der Waals surface area (Å²) in [4.78, 5) is 0. The Morgan fingerprint density at radius 2 is 1.02 bits per heavy atom. The van der Waals surface area contributed by atoms with Crippen LogP contribution < -0.4 is 0 Å². The van der Waals surface area contributed by atoms with Crippen LogP contribution in [0.25, 0.3) is 77.3 Å². The molecule has 0 unspecified atom stereocenters. The van der Waals surface area contributed by atoms with Gasteiger partial charge in [0.05, 0.1) is 0 Å². The summed E-state index contributed by atoms with van der Waals surface area (Å²) < 4.78 is 12.8. The Labute approximate surface area is 232 Å². The number of hydrogen-bond donors (Lipinski definition) is 0. The number of para-hydroxylation sites is 1. The Morgan fingerprint density at radius 1 is 0.375 bits per heavy atom. The van der Waals surface area contributed by atoms with Crippen molar-refractivity contribution < 1.29 is 8.83 Å². The average molecular weight is 515 g/mol. The molecule has 0 spiro atoms. The largest absolute Gasteiger partial charge is 0.456 e. The maximum Gasteiger partial charge on any atom is 0.136 e. The molecular weight excluding hydrogens is 488 g/mol. The SMILES string of the molecule is Cc1ccccc1-c1ccc2oc3cc(-c4cc(-c5ccccc5C)c5c(c4)oc4ccccc45)ccc3c2c1. The minimum absolute atomic E-state index is 0.886. The van der Waals surface area contributed by atoms with Gasteiger partial charge in [-0.3, -0.25) is 0 Å². The zero-order valence-corrected chi connectivity index (χ0v) is 22.4. The van der Waals surface area contributed by atoms with Crippen LogP contribution in [-0.2, 0) is 0 Å². The Balaban J connectivity index is 1.33. The van der Waals surface area contributed by atoms with E-state index in [2.05, 4.69) is 123 Å². The zero-order chi connectivity index (χ0) is 26.8. The van der Waals surface area contributed by atoms with Crippen molar-refractivity contribution in [1.82, 2.24) is 0 Å². The molecule has 0 aliphatic heterocycles. The van der Waals surface area contributed by atoms with Gasteiger partial charge in [0.25, 0.3) is 0 Å². The number of benzene rings is 6. The first-order chi connectivity index (χ1) is 19.6. The predicted molar refractivity (Wildman–Crippen MR) is 167 cm³/mol. The molecule has 8 aromatic rings. The standard InChI is InChI=1S/C38H26O2/c1-23-9-3-5-11-28(23)26-16-18-35-32(19-26)30-17-15-25(21-36(30)39-35)27-20-33(29-12-6-4-10-24(29)2)38-31-13-7-8-14-34(31)40-37(38)22-27/h3-22H,1-2H3. The molecule has 8 rings (SSSR count). The molecule has 0 fully saturated rings. The smallest absolute Gasteiger partial charge is 0.136 e. The summed E-state index contributed by atoms with van der Waals surface area (Å²) in [5.74, 6) is 0. The number of hydrogen-bond acceptors (Lipinski definition) is 2. The molecule has 0 saturated heterocycles. The third-order valence-corrected chi connectivity index (χ3v) is 8.17. The van der Waals surface area contributed by atoms with E-state index in [-0.39, 0.29) is 0 Å². The van der Waals surface area contributed by atoms with Crippen molar-refractivity contribution in [3.63, 3.8) is 0 Å². The van der Waals surface area contributed by atoms with Crippen molar-refractivity contribution in [2.75, 3.05) is 0 Å². The number of rotatable bonds is 3. The van der Waals surface area contributed by atoms with Crippen LogP contribution in [0.15, 0.2) is 130 Å². The molecule has 6 aromatic carbocycles. The van der Waals surface area contributed by atoms with Crippen molar-refractivity contribution in [1.29, 1.82) is 0 Å². The first-order valence-electron chi connectivity index (χ1n) is 13.7. The van der Waals surface area contributed by atoms with Gasteiger partial charge in [0.1, 0.15) is 22.3 Å². The van der Waals surface area contributed by atoms with Crippen molar-refractivity contribution in [2.24, 2.45) is 0 Å². The maximum absolute atomic E-state index is 6.39. The summed E-state index contributed by atoms with van der Waals surface area (Å²) in [6.07, 6.45) is 0. The highest BCUT2D eigenvalue weighted by atomic mass is 16.3. The molecule has 0 saturated carbocycles. The molecule has 2 aromatic heterocycles. The molecule has 2 heteroatoms. The van der Waals surface area contributed by atoms with Gasteiger partial charge in [0, 0.05) is 21.5 Å². The molecule has 2 heterocycles. The highest BCUT2D eigenvalue weighted by Gasteiger charge is 2.17. The van der Waals surface area contributed by atoms with Crippen LogP contribution in [0.4, 0.5) is 0 Å². The summed E-state index contributed by atoms with van der Waals surface area (Å²) >= 11 is 0. The van der Waals surface area contributed by atoms with Crippen LogP contribution >= 0.6 is 0 Å². The molecule has 0 N–H and O–H groups in total. The van der Waals surface area contributed by atoms with E-state index < -0.39 is 0 Å². The number of fused-ring (bicyclic) bond motifs is 6. The lowest BCUT2D eigenvalue weighted by atomic mass is 9.92. The van der Waals surface area contributed by atoms with Gasteiger partial charge < -0.3 is 8.83 Å². The Kier molecular flexibility index (Phi) is 4.99. The van der Waals surface area contributed by atoms with Crippen LogP contribution in [0.3, 0.4) is 0 Å². The van der Waals surface area contributed by atoms with Gasteiger partial charge in [-0.15, -0.1) is 0 Å². The van der Waals surface area contributed by atoms with Crippen molar-refractivity contribution in [3.05, 3.63) is 132 Å². The molecular formula is C38H26O2. The first-order valence-corrected chi connectivity index (χ1v) is 13.7. The summed E-state index contributed by atoms with van der Waals surface area (Å²) in [7, 11) is 0. The molecule has 2 nitrogen and oxygen atoms in total. The monoisotopic (exact) mass is 514 g/mol. The molecule has 190 valence electrons. The van der Waals surface area contributed by atoms with Gasteiger partial charge in [-0.2, -0.15) is 0 Å². The summed E-state index contributed by atoms with van der Waals surface area (Å²) in [5.41, 5.74) is 13.1. The highest BCUT2D eigenvalue weighted by Crippen LogP contribution is 2.42. The fraction of sp³-hybridized carbons (Fsp3) is 0.0526. The Morgan fingerprint density at radius 3 is 1.85 bits per heavy atom. The molecule has 0 aliphatic carbocycles. The minimum Gasteiger partial charge on any atom is -0.456 e. The summed E-state index contributed by atoms with van der Waals surface area (Å²) in [6, 6.07) is 42.9. The van der Waals surface area contributed by atoms with E-state index in [4.69, 9.17) is 8.83 Å². The number of furan rings is 2. The van der Waals surface area contributed by atoms with Gasteiger partial charge in [-0.05, 0) is 101 Å². The lowest BCUT2D eigenvalue weighted by molar-refractivity contribution is 0.668. The molecule has 0 aliphatic rings. The van der Waals surface area contributed by atoms with E-state index >= 15 is 0 Å². The van der Waals surface area contributed by atoms with E-state index in [1.165, 1.54) is 33.4 Å². The second-order valence-corrected chi connectivity index (χ2v) is 10.6. The average Bonchev–Trinajstić information content (AvgIpc) is 3.54. The van der Waals surface area contributed by atoms with Gasteiger partial charge in [0.2, 0.25) is 0 Å². The van der Waals surface area contributed by atoms with E-state index in [1.54, 1.807) is 0 Å². The number of aryl methyl sites for hydroxylation is 2. The van der Waals surface area contributed by atoms with Crippen LogP contribution in [0.5, 0.6) is 0 Å². The van der Waals surface area contributed by atoms with Crippen LogP contribution in [-0.4, -0.2) is 0 Å². The third-order valence-electron chi connectivity index (χ3n) is 8.17. The molecule has 0 bridgehead atoms. The molecule has 0 radical (unpaired) electrons. The Bertz CT molecular complexity index is 2240. The van der Waals surface area contributed by atoms with E-state index in [1.807, 2.05) is 12.1 Å². The van der Waals surface area contributed by atoms with Crippen LogP contribution in [0.2, 0.25) is 0 Å². The Hall–Kier alpha value is -5.08. The lowest BCUT2D eigenvalue weighted by Gasteiger charge is -2.11. The second kappa shape index (κ2) is 8.72. The van der Waals surface area contributed by atoms with Gasteiger partial charge in [-0.1, -0.05) is 78.9 Å². The zero-order valence-electron chi connectivity index (χ0n) is 22.4. The topological polar surface area (TPSA) is 26.3 Å². The summed E-state index contributed by atoms with van der Waals surface area (Å²) in [5, 5.41) is 4.55. The predicted octanol–water partition coefficient (Wildman–Crippen LogP) is 11.1. The first kappa shape index (κ1) is 22.9. The molecule has 40 heavy (non-hydrogen) atoms. The van der Waals surface area contributed by atoms with Crippen molar-refractivity contribution >= 4 is 43.9 Å². The molecule has 0 amide bonds. The van der Waals surface area contributed by atoms with Gasteiger partial charge in [-0.25, -0.2) is 0 Å². The van der Waals surface area contributed by atoms with Crippen molar-refractivity contribution in [3.8, 4) is 33.4 Å². The fourth-order valence-corrected chi connectivity index (χ4v) is 6.13. The van der Waals surface area contributed by atoms with E-state index in [0.29, 0.717) is 0 Å². The quantitative estimate of drug-likeness (QED) is 0.234. The highest BCUT2D eigenvalue weighted by molar-refractivity contribution is 6.14. The molecule has 0 atom stereocenters. The van der Waals surface area contributed by atoms with E-state index in [9.17, 15) is 0 Å². The van der Waals surface area contributed by atoms with Crippen LogP contribution in [0, 0.1) is 13.8 Å². The maximum atomic E-state index is 6.39. The van der Waals surface area contributed by atoms with Gasteiger partial charge in [0.15, 0.2) is 0 Å². The van der Waals surface area contributed by atoms with Crippen LogP contribution in [0.1, 0.15) is 11.1 Å².